The minimum atomic E-state index is -3.94. The van der Waals surface area contributed by atoms with Crippen molar-refractivity contribution in [2.75, 3.05) is 16.8 Å². The van der Waals surface area contributed by atoms with Gasteiger partial charge < -0.3 is 11.1 Å². The summed E-state index contributed by atoms with van der Waals surface area (Å²) in [6, 6.07) is 7.84. The molecule has 0 spiro atoms. The lowest BCUT2D eigenvalue weighted by molar-refractivity contribution is -0.113. The summed E-state index contributed by atoms with van der Waals surface area (Å²) in [5.74, 6) is -2.01. The van der Waals surface area contributed by atoms with Gasteiger partial charge in [0, 0.05) is 11.9 Å². The fourth-order valence-corrected chi connectivity index (χ4v) is 2.84. The molecule has 0 fully saturated rings. The van der Waals surface area contributed by atoms with Crippen molar-refractivity contribution < 1.29 is 17.6 Å². The molecule has 21 heavy (non-hydrogen) atoms. The van der Waals surface area contributed by atoms with E-state index in [2.05, 4.69) is 10.3 Å². The van der Waals surface area contributed by atoms with E-state index >= 15 is 0 Å². The first-order valence-electron chi connectivity index (χ1n) is 5.87. The third-order valence-electron chi connectivity index (χ3n) is 2.54. The first-order chi connectivity index (χ1) is 9.88. The Morgan fingerprint density at radius 3 is 2.52 bits per heavy atom. The number of nitrogens with two attached hydrogens (primary N) is 1. The minimum absolute atomic E-state index is 0.0212. The van der Waals surface area contributed by atoms with Crippen LogP contribution in [0.2, 0.25) is 0 Å². The van der Waals surface area contributed by atoms with E-state index in [0.29, 0.717) is 5.69 Å². The van der Waals surface area contributed by atoms with Crippen LogP contribution in [0.15, 0.2) is 47.6 Å². The highest BCUT2D eigenvalue weighted by molar-refractivity contribution is 7.92. The van der Waals surface area contributed by atoms with Crippen molar-refractivity contribution in [3.8, 4) is 0 Å². The summed E-state index contributed by atoms with van der Waals surface area (Å²) in [4.78, 5) is 15.4. The number of nitrogens with one attached hydrogen (secondary N) is 1. The largest absolute Gasteiger partial charge is 0.396 e. The molecular formula is C13H12FN3O3S. The van der Waals surface area contributed by atoms with Crippen molar-refractivity contribution in [1.29, 1.82) is 0 Å². The van der Waals surface area contributed by atoms with Gasteiger partial charge in [-0.15, -0.1) is 0 Å². The zero-order chi connectivity index (χ0) is 15.5. The average molecular weight is 309 g/mol. The first-order valence-corrected chi connectivity index (χ1v) is 7.52. The minimum Gasteiger partial charge on any atom is -0.396 e. The van der Waals surface area contributed by atoms with Gasteiger partial charge in [0.15, 0.2) is 5.03 Å². The number of hydrogen-bond acceptors (Lipinski definition) is 5. The topological polar surface area (TPSA) is 102 Å². The van der Waals surface area contributed by atoms with E-state index in [1.165, 1.54) is 30.5 Å². The number of anilines is 2. The molecule has 0 unspecified atom stereocenters. The van der Waals surface area contributed by atoms with Crippen LogP contribution in [0.5, 0.6) is 0 Å². The molecule has 0 radical (unpaired) electrons. The summed E-state index contributed by atoms with van der Waals surface area (Å²) in [6.45, 7) is 0. The summed E-state index contributed by atoms with van der Waals surface area (Å²) in [5.41, 5.74) is 5.81. The Labute approximate surface area is 120 Å². The van der Waals surface area contributed by atoms with E-state index in [4.69, 9.17) is 5.73 Å². The third-order valence-corrected chi connectivity index (χ3v) is 4.12. The Bertz CT molecular complexity index is 760. The van der Waals surface area contributed by atoms with E-state index in [-0.39, 0.29) is 10.7 Å². The number of carbonyl (C=O) groups is 1. The van der Waals surface area contributed by atoms with Crippen LogP contribution in [-0.4, -0.2) is 25.1 Å². The van der Waals surface area contributed by atoms with Gasteiger partial charge in [-0.05, 0) is 36.4 Å². The van der Waals surface area contributed by atoms with Crippen LogP contribution < -0.4 is 11.1 Å². The molecule has 0 bridgehead atoms. The van der Waals surface area contributed by atoms with Gasteiger partial charge in [0.1, 0.15) is 11.6 Å². The van der Waals surface area contributed by atoms with Crippen LogP contribution in [0.4, 0.5) is 15.8 Å². The van der Waals surface area contributed by atoms with Gasteiger partial charge in [-0.2, -0.15) is 0 Å². The number of benzene rings is 1. The van der Waals surface area contributed by atoms with Crippen molar-refractivity contribution in [3.63, 3.8) is 0 Å². The average Bonchev–Trinajstić information content (AvgIpc) is 2.41. The molecular weight excluding hydrogens is 297 g/mol. The van der Waals surface area contributed by atoms with Crippen molar-refractivity contribution in [2.24, 2.45) is 0 Å². The Morgan fingerprint density at radius 1 is 1.24 bits per heavy atom. The molecule has 0 aliphatic carbocycles. The number of sulfone groups is 1. The zero-order valence-corrected chi connectivity index (χ0v) is 11.6. The van der Waals surface area contributed by atoms with Gasteiger partial charge in [0.2, 0.25) is 15.7 Å². The maximum Gasteiger partial charge on any atom is 0.240 e. The van der Waals surface area contributed by atoms with Crippen LogP contribution >= 0.6 is 0 Å². The molecule has 0 atom stereocenters. The SMILES string of the molecule is Nc1cccnc1S(=O)(=O)CC(=O)Nc1ccc(F)cc1. The summed E-state index contributed by atoms with van der Waals surface area (Å²) in [5, 5.41) is 2.03. The van der Waals surface area contributed by atoms with Crippen LogP contribution in [0.1, 0.15) is 0 Å². The summed E-state index contributed by atoms with van der Waals surface area (Å²) < 4.78 is 36.8. The second-order valence-electron chi connectivity index (χ2n) is 4.21. The predicted octanol–water partition coefficient (Wildman–Crippen LogP) is 1.22. The normalized spacial score (nSPS) is 11.1. The molecule has 1 amide bonds. The first kappa shape index (κ1) is 14.9. The van der Waals surface area contributed by atoms with Gasteiger partial charge in [0.25, 0.3) is 0 Å². The highest BCUT2D eigenvalue weighted by Crippen LogP contribution is 2.16. The third kappa shape index (κ3) is 3.76. The van der Waals surface area contributed by atoms with Crippen molar-refractivity contribution >= 4 is 27.1 Å². The Morgan fingerprint density at radius 2 is 1.90 bits per heavy atom. The van der Waals surface area contributed by atoms with Crippen LogP contribution in [-0.2, 0) is 14.6 Å². The summed E-state index contributed by atoms with van der Waals surface area (Å²) in [6.07, 6.45) is 1.28. The molecule has 2 aromatic rings. The van der Waals surface area contributed by atoms with E-state index in [0.717, 1.165) is 12.1 Å². The number of carbonyl (C=O) groups excluding carboxylic acids is 1. The molecule has 2 rings (SSSR count). The lowest BCUT2D eigenvalue weighted by atomic mass is 10.3. The van der Waals surface area contributed by atoms with Gasteiger partial charge in [0.05, 0.1) is 5.69 Å². The number of rotatable bonds is 4. The van der Waals surface area contributed by atoms with Crippen LogP contribution in [0.25, 0.3) is 0 Å². The van der Waals surface area contributed by atoms with Crippen molar-refractivity contribution in [2.45, 2.75) is 5.03 Å². The molecule has 0 saturated carbocycles. The summed E-state index contributed by atoms with van der Waals surface area (Å²) in [7, 11) is -3.94. The highest BCUT2D eigenvalue weighted by atomic mass is 32.2. The Balaban J connectivity index is 2.12. The number of pyridine rings is 1. The molecule has 1 aromatic heterocycles. The van der Waals surface area contributed by atoms with Crippen molar-refractivity contribution in [1.82, 2.24) is 4.98 Å². The van der Waals surface area contributed by atoms with Gasteiger partial charge in [-0.3, -0.25) is 4.79 Å². The smallest absolute Gasteiger partial charge is 0.240 e. The van der Waals surface area contributed by atoms with Gasteiger partial charge >= 0.3 is 0 Å². The monoisotopic (exact) mass is 309 g/mol. The Kier molecular flexibility index (Phi) is 4.18. The lowest BCUT2D eigenvalue weighted by Crippen LogP contribution is -2.24. The predicted molar refractivity (Wildman–Crippen MR) is 75.7 cm³/mol. The second-order valence-corrected chi connectivity index (χ2v) is 6.12. The number of aromatic nitrogens is 1. The molecule has 0 aliphatic heterocycles. The molecule has 3 N–H and O–H groups in total. The van der Waals surface area contributed by atoms with Crippen LogP contribution in [0, 0.1) is 5.82 Å². The molecule has 6 nitrogen and oxygen atoms in total. The van der Waals surface area contributed by atoms with E-state index < -0.39 is 27.3 Å². The molecule has 1 aromatic carbocycles. The second kappa shape index (κ2) is 5.88. The lowest BCUT2D eigenvalue weighted by Gasteiger charge is -2.07. The molecule has 1 heterocycles. The fraction of sp³-hybridized carbons (Fsp3) is 0.0769. The number of hydrogen-bond donors (Lipinski definition) is 2. The number of nitrogens with zero attached hydrogens (tertiary/aromatic N) is 1. The molecule has 0 saturated heterocycles. The van der Waals surface area contributed by atoms with Crippen LogP contribution in [0.3, 0.4) is 0 Å². The van der Waals surface area contributed by atoms with Crippen molar-refractivity contribution in [3.05, 3.63) is 48.4 Å². The quantitative estimate of drug-likeness (QED) is 0.884. The van der Waals surface area contributed by atoms with E-state index in [9.17, 15) is 17.6 Å². The number of amides is 1. The van der Waals surface area contributed by atoms with E-state index in [1.54, 1.807) is 0 Å². The maximum absolute atomic E-state index is 12.7. The van der Waals surface area contributed by atoms with E-state index in [1.807, 2.05) is 0 Å². The molecule has 0 aliphatic rings. The highest BCUT2D eigenvalue weighted by Gasteiger charge is 2.23. The standard InChI is InChI=1S/C13H12FN3O3S/c14-9-3-5-10(6-4-9)17-12(18)8-21(19,20)13-11(15)2-1-7-16-13/h1-7H,8,15H2,(H,17,18). The maximum atomic E-state index is 12.7. The van der Waals surface area contributed by atoms with Gasteiger partial charge in [-0.1, -0.05) is 0 Å². The summed E-state index contributed by atoms with van der Waals surface area (Å²) >= 11 is 0. The zero-order valence-electron chi connectivity index (χ0n) is 10.8. The number of nitrogen functional groups attached to an aromatic ring is 1. The Hall–Kier alpha value is -2.48. The number of halogens is 1. The fourth-order valence-electron chi connectivity index (χ4n) is 1.63. The van der Waals surface area contributed by atoms with Gasteiger partial charge in [-0.25, -0.2) is 17.8 Å². The molecule has 8 heteroatoms. The molecule has 110 valence electrons.